The molecular formula is C11H13ClN2O4. The van der Waals surface area contributed by atoms with Gasteiger partial charge in [-0.05, 0) is 12.1 Å². The van der Waals surface area contributed by atoms with E-state index in [1.165, 1.54) is 12.1 Å². The summed E-state index contributed by atoms with van der Waals surface area (Å²) in [7, 11) is 0. The van der Waals surface area contributed by atoms with E-state index in [0.717, 1.165) is 0 Å². The first-order valence-electron chi connectivity index (χ1n) is 5.48. The minimum absolute atomic E-state index is 0.0805. The summed E-state index contributed by atoms with van der Waals surface area (Å²) in [5.74, 6) is -0.561. The minimum atomic E-state index is -1.05. The number of carboxylic acid groups (broad SMARTS) is 1. The summed E-state index contributed by atoms with van der Waals surface area (Å²) in [6.45, 7) is 1.43. The molecule has 1 fully saturated rings. The van der Waals surface area contributed by atoms with Crippen molar-refractivity contribution in [2.24, 2.45) is 0 Å². The van der Waals surface area contributed by atoms with Crippen LogP contribution in [0.1, 0.15) is 10.4 Å². The maximum atomic E-state index is 10.9. The second kappa shape index (κ2) is 5.51. The highest BCUT2D eigenvalue weighted by Crippen LogP contribution is 2.20. The molecule has 0 aromatic carbocycles. The molecule has 0 radical (unpaired) electrons. The number of anilines is 1. The maximum absolute atomic E-state index is 10.9. The number of aliphatic hydroxyl groups is 1. The molecule has 0 bridgehead atoms. The van der Waals surface area contributed by atoms with Crippen LogP contribution in [0.3, 0.4) is 0 Å². The van der Waals surface area contributed by atoms with Crippen LogP contribution < -0.4 is 4.90 Å². The summed E-state index contributed by atoms with van der Waals surface area (Å²) < 4.78 is 5.32. The highest BCUT2D eigenvalue weighted by Gasteiger charge is 2.22. The first-order chi connectivity index (χ1) is 8.60. The van der Waals surface area contributed by atoms with E-state index in [-0.39, 0.29) is 23.4 Å². The topological polar surface area (TPSA) is 82.9 Å². The van der Waals surface area contributed by atoms with Crippen molar-refractivity contribution >= 4 is 23.4 Å². The monoisotopic (exact) mass is 272 g/mol. The van der Waals surface area contributed by atoms with Crippen molar-refractivity contribution in [2.75, 3.05) is 31.2 Å². The molecule has 1 unspecified atom stereocenters. The summed E-state index contributed by atoms with van der Waals surface area (Å²) in [6.07, 6.45) is -0.284. The van der Waals surface area contributed by atoms with Gasteiger partial charge in [-0.1, -0.05) is 11.6 Å². The number of rotatable bonds is 3. The molecule has 0 aliphatic carbocycles. The number of hydrogen-bond donors (Lipinski definition) is 2. The highest BCUT2D eigenvalue weighted by atomic mass is 35.5. The van der Waals surface area contributed by atoms with E-state index in [9.17, 15) is 4.79 Å². The third-order valence-electron chi connectivity index (χ3n) is 2.69. The van der Waals surface area contributed by atoms with Crippen LogP contribution >= 0.6 is 11.6 Å². The van der Waals surface area contributed by atoms with Crippen molar-refractivity contribution in [1.82, 2.24) is 4.98 Å². The molecule has 0 amide bonds. The molecule has 6 nitrogen and oxygen atoms in total. The number of nitrogens with zero attached hydrogens (tertiary/aromatic N) is 2. The van der Waals surface area contributed by atoms with Gasteiger partial charge in [0, 0.05) is 13.1 Å². The Kier molecular flexibility index (Phi) is 4.00. The Labute approximate surface area is 109 Å². The predicted molar refractivity (Wildman–Crippen MR) is 65.2 cm³/mol. The molecule has 0 saturated carbocycles. The molecular weight excluding hydrogens is 260 g/mol. The summed E-state index contributed by atoms with van der Waals surface area (Å²) in [5.41, 5.74) is 0.0945. The number of ether oxygens (including phenoxy) is 1. The van der Waals surface area contributed by atoms with E-state index in [1.54, 1.807) is 0 Å². The van der Waals surface area contributed by atoms with Crippen molar-refractivity contribution in [2.45, 2.75) is 6.10 Å². The van der Waals surface area contributed by atoms with E-state index in [1.807, 2.05) is 4.90 Å². The van der Waals surface area contributed by atoms with E-state index >= 15 is 0 Å². The second-order valence-electron chi connectivity index (χ2n) is 3.96. The number of pyridine rings is 1. The molecule has 2 rings (SSSR count). The number of hydrogen-bond acceptors (Lipinski definition) is 5. The van der Waals surface area contributed by atoms with E-state index in [0.29, 0.717) is 25.5 Å². The van der Waals surface area contributed by atoms with Gasteiger partial charge in [0.25, 0.3) is 0 Å². The van der Waals surface area contributed by atoms with Crippen LogP contribution in [-0.2, 0) is 4.74 Å². The van der Waals surface area contributed by atoms with Gasteiger partial charge in [-0.2, -0.15) is 0 Å². The zero-order chi connectivity index (χ0) is 13.1. The Morgan fingerprint density at radius 1 is 1.61 bits per heavy atom. The van der Waals surface area contributed by atoms with Crippen molar-refractivity contribution in [3.63, 3.8) is 0 Å². The normalized spacial score (nSPS) is 19.9. The minimum Gasteiger partial charge on any atom is -0.478 e. The molecule has 1 aromatic rings. The van der Waals surface area contributed by atoms with Crippen molar-refractivity contribution < 1.29 is 19.7 Å². The average Bonchev–Trinajstić information content (AvgIpc) is 2.38. The second-order valence-corrected chi connectivity index (χ2v) is 4.35. The number of aliphatic hydroxyl groups excluding tert-OH is 1. The summed E-state index contributed by atoms with van der Waals surface area (Å²) >= 11 is 5.80. The third-order valence-corrected chi connectivity index (χ3v) is 2.89. The van der Waals surface area contributed by atoms with Crippen molar-refractivity contribution in [1.29, 1.82) is 0 Å². The molecule has 2 N–H and O–H groups in total. The van der Waals surface area contributed by atoms with Crippen molar-refractivity contribution in [3.8, 4) is 0 Å². The van der Waals surface area contributed by atoms with Gasteiger partial charge >= 0.3 is 5.97 Å². The molecule has 98 valence electrons. The zero-order valence-electron chi connectivity index (χ0n) is 9.54. The van der Waals surface area contributed by atoms with E-state index < -0.39 is 5.97 Å². The predicted octanol–water partition coefficient (Wildman–Crippen LogP) is 0.631. The van der Waals surface area contributed by atoms with Crippen LogP contribution in [0.4, 0.5) is 5.82 Å². The number of carbonyl (C=O) groups is 1. The molecule has 1 saturated heterocycles. The molecule has 7 heteroatoms. The van der Waals surface area contributed by atoms with E-state index in [2.05, 4.69) is 4.98 Å². The number of carboxylic acids is 1. The lowest BCUT2D eigenvalue weighted by atomic mass is 10.2. The van der Waals surface area contributed by atoms with Gasteiger partial charge in [-0.15, -0.1) is 0 Å². The number of morpholine rings is 1. The third kappa shape index (κ3) is 2.90. The molecule has 18 heavy (non-hydrogen) atoms. The van der Waals surface area contributed by atoms with Gasteiger partial charge in [0.2, 0.25) is 0 Å². The van der Waals surface area contributed by atoms with Crippen LogP contribution in [0.2, 0.25) is 5.15 Å². The molecule has 0 spiro atoms. The smallest absolute Gasteiger partial charge is 0.335 e. The fraction of sp³-hybridized carbons (Fsp3) is 0.455. The number of halogens is 1. The van der Waals surface area contributed by atoms with Crippen LogP contribution in [-0.4, -0.2) is 53.6 Å². The maximum Gasteiger partial charge on any atom is 0.335 e. The molecule has 1 aromatic heterocycles. The Hall–Kier alpha value is -1.37. The van der Waals surface area contributed by atoms with Gasteiger partial charge in [0.1, 0.15) is 11.0 Å². The largest absolute Gasteiger partial charge is 0.478 e. The first-order valence-corrected chi connectivity index (χ1v) is 5.86. The molecule has 1 atom stereocenters. The van der Waals surface area contributed by atoms with Gasteiger partial charge in [0.05, 0.1) is 24.9 Å². The lowest BCUT2D eigenvalue weighted by molar-refractivity contribution is 0.00336. The van der Waals surface area contributed by atoms with Gasteiger partial charge in [0.15, 0.2) is 0 Å². The van der Waals surface area contributed by atoms with Crippen LogP contribution in [0, 0.1) is 0 Å². The lowest BCUT2D eigenvalue weighted by Gasteiger charge is -2.33. The summed E-state index contributed by atoms with van der Waals surface area (Å²) in [5, 5.41) is 18.2. The fourth-order valence-electron chi connectivity index (χ4n) is 1.81. The average molecular weight is 273 g/mol. The molecule has 2 heterocycles. The van der Waals surface area contributed by atoms with Gasteiger partial charge < -0.3 is 19.8 Å². The van der Waals surface area contributed by atoms with E-state index in [4.69, 9.17) is 26.6 Å². The fourth-order valence-corrected chi connectivity index (χ4v) is 2.01. The lowest BCUT2D eigenvalue weighted by Crippen LogP contribution is -2.44. The first kappa shape index (κ1) is 13.1. The van der Waals surface area contributed by atoms with Crippen LogP contribution in [0.5, 0.6) is 0 Å². The standard InChI is InChI=1S/C11H13ClN2O4/c12-9-3-7(11(16)17)4-10(13-9)14-1-2-18-8(5-14)6-15/h3-4,8,15H,1-2,5-6H2,(H,16,17). The molecule has 1 aliphatic rings. The Balaban J connectivity index is 2.24. The molecule has 1 aliphatic heterocycles. The SMILES string of the molecule is O=C(O)c1cc(Cl)nc(N2CCOC(CO)C2)c1. The Morgan fingerprint density at radius 2 is 2.39 bits per heavy atom. The zero-order valence-corrected chi connectivity index (χ0v) is 10.3. The number of aromatic carboxylic acids is 1. The van der Waals surface area contributed by atoms with Crippen LogP contribution in [0.15, 0.2) is 12.1 Å². The van der Waals surface area contributed by atoms with Crippen molar-refractivity contribution in [3.05, 3.63) is 22.8 Å². The number of aromatic nitrogens is 1. The van der Waals surface area contributed by atoms with Crippen LogP contribution in [0.25, 0.3) is 0 Å². The van der Waals surface area contributed by atoms with Gasteiger partial charge in [-0.3, -0.25) is 0 Å². The Morgan fingerprint density at radius 3 is 3.06 bits per heavy atom. The summed E-state index contributed by atoms with van der Waals surface area (Å²) in [4.78, 5) is 16.9. The summed E-state index contributed by atoms with van der Waals surface area (Å²) in [6, 6.07) is 2.77. The van der Waals surface area contributed by atoms with Gasteiger partial charge in [-0.25, -0.2) is 9.78 Å². The highest BCUT2D eigenvalue weighted by molar-refractivity contribution is 6.29. The Bertz CT molecular complexity index is 455. The quantitative estimate of drug-likeness (QED) is 0.786.